The molecule has 0 amide bonds. The fourth-order valence-electron chi connectivity index (χ4n) is 4.66. The lowest BCUT2D eigenvalue weighted by Crippen LogP contribution is -2.00. The third kappa shape index (κ3) is 3.51. The first-order chi connectivity index (χ1) is 17.7. The molecule has 0 N–H and O–H groups in total. The summed E-state index contributed by atoms with van der Waals surface area (Å²) >= 11 is 6.35. The fourth-order valence-corrected chi connectivity index (χ4v) is 4.83. The predicted octanol–water partition coefficient (Wildman–Crippen LogP) is 8.58. The second-order valence-electron chi connectivity index (χ2n) is 8.66. The number of fused-ring (bicyclic) bond motifs is 4. The van der Waals surface area contributed by atoms with Crippen LogP contribution in [0.25, 0.3) is 66.9 Å². The lowest BCUT2D eigenvalue weighted by molar-refractivity contribution is 0.669. The first kappa shape index (κ1) is 20.8. The maximum Gasteiger partial charge on any atom is 0.164 e. The normalized spacial score (nSPS) is 11.5. The second kappa shape index (κ2) is 8.29. The van der Waals surface area contributed by atoms with Gasteiger partial charge in [0.2, 0.25) is 0 Å². The Kier molecular flexibility index (Phi) is 4.79. The average molecular weight is 484 g/mol. The van der Waals surface area contributed by atoms with Gasteiger partial charge in [0.25, 0.3) is 0 Å². The number of nitrogens with zero attached hydrogens (tertiary/aromatic N) is 3. The maximum absolute atomic E-state index is 6.35. The number of hydrogen-bond donors (Lipinski definition) is 0. The molecular formula is C31H18ClN3O. The average Bonchev–Trinajstić information content (AvgIpc) is 3.31. The highest BCUT2D eigenvalue weighted by molar-refractivity contribution is 6.32. The predicted molar refractivity (Wildman–Crippen MR) is 146 cm³/mol. The van der Waals surface area contributed by atoms with Crippen molar-refractivity contribution in [3.05, 3.63) is 114 Å². The molecule has 7 aromatic rings. The third-order valence-corrected chi connectivity index (χ3v) is 6.61. The Hall–Kier alpha value is -4.54. The molecule has 0 bridgehead atoms. The van der Waals surface area contributed by atoms with Crippen molar-refractivity contribution in [2.75, 3.05) is 0 Å². The van der Waals surface area contributed by atoms with Gasteiger partial charge in [0.15, 0.2) is 17.5 Å². The highest BCUT2D eigenvalue weighted by Crippen LogP contribution is 2.37. The Morgan fingerprint density at radius 1 is 0.528 bits per heavy atom. The zero-order chi connectivity index (χ0) is 24.1. The molecule has 2 aromatic heterocycles. The van der Waals surface area contributed by atoms with Gasteiger partial charge in [0, 0.05) is 32.5 Å². The monoisotopic (exact) mass is 483 g/mol. The summed E-state index contributed by atoms with van der Waals surface area (Å²) < 4.78 is 6.12. The van der Waals surface area contributed by atoms with Crippen LogP contribution in [-0.4, -0.2) is 15.0 Å². The van der Waals surface area contributed by atoms with E-state index in [1.54, 1.807) is 0 Å². The minimum atomic E-state index is 0.584. The van der Waals surface area contributed by atoms with Gasteiger partial charge in [-0.1, -0.05) is 90.5 Å². The van der Waals surface area contributed by atoms with E-state index in [9.17, 15) is 0 Å². The molecule has 5 heteroatoms. The van der Waals surface area contributed by atoms with Crippen molar-refractivity contribution in [1.29, 1.82) is 0 Å². The van der Waals surface area contributed by atoms with Crippen LogP contribution in [0.1, 0.15) is 0 Å². The third-order valence-electron chi connectivity index (χ3n) is 6.37. The Morgan fingerprint density at radius 2 is 1.28 bits per heavy atom. The van der Waals surface area contributed by atoms with Crippen LogP contribution in [0.2, 0.25) is 5.02 Å². The molecule has 0 saturated carbocycles. The molecule has 0 aliphatic heterocycles. The zero-order valence-electron chi connectivity index (χ0n) is 19.0. The Morgan fingerprint density at radius 3 is 2.14 bits per heavy atom. The number of furan rings is 1. The van der Waals surface area contributed by atoms with Gasteiger partial charge < -0.3 is 4.42 Å². The van der Waals surface area contributed by atoms with E-state index >= 15 is 0 Å². The number of aromatic nitrogens is 3. The molecule has 2 heterocycles. The lowest BCUT2D eigenvalue weighted by Gasteiger charge is -2.10. The van der Waals surface area contributed by atoms with Crippen LogP contribution in [0.3, 0.4) is 0 Å². The number of halogens is 1. The molecule has 7 rings (SSSR count). The van der Waals surface area contributed by atoms with E-state index in [1.165, 1.54) is 5.39 Å². The molecule has 0 aliphatic rings. The SMILES string of the molecule is Clc1ccc2oc3cccc(-c4nc(-c5ccccc5)nc(-c5ccc6ccccc6c5)n4)c3c2c1. The minimum Gasteiger partial charge on any atom is -0.456 e. The van der Waals surface area contributed by atoms with Crippen LogP contribution in [0.4, 0.5) is 0 Å². The summed E-state index contributed by atoms with van der Waals surface area (Å²) in [5.74, 6) is 1.82. The van der Waals surface area contributed by atoms with Gasteiger partial charge in [0.1, 0.15) is 11.2 Å². The fraction of sp³-hybridized carbons (Fsp3) is 0. The van der Waals surface area contributed by atoms with E-state index in [4.69, 9.17) is 31.0 Å². The van der Waals surface area contributed by atoms with Crippen LogP contribution < -0.4 is 0 Å². The topological polar surface area (TPSA) is 51.8 Å². The van der Waals surface area contributed by atoms with Gasteiger partial charge in [0.05, 0.1) is 0 Å². The smallest absolute Gasteiger partial charge is 0.164 e. The molecule has 0 fully saturated rings. The molecule has 5 aromatic carbocycles. The summed E-state index contributed by atoms with van der Waals surface area (Å²) in [6, 6.07) is 36.1. The number of rotatable bonds is 3. The molecule has 4 nitrogen and oxygen atoms in total. The molecule has 170 valence electrons. The van der Waals surface area contributed by atoms with Crippen molar-refractivity contribution >= 4 is 44.3 Å². The summed E-state index contributed by atoms with van der Waals surface area (Å²) in [6.45, 7) is 0. The van der Waals surface area contributed by atoms with E-state index in [-0.39, 0.29) is 0 Å². The van der Waals surface area contributed by atoms with E-state index in [0.29, 0.717) is 22.5 Å². The van der Waals surface area contributed by atoms with Crippen molar-refractivity contribution in [3.8, 4) is 34.2 Å². The van der Waals surface area contributed by atoms with Gasteiger partial charge in [-0.25, -0.2) is 15.0 Å². The molecule has 36 heavy (non-hydrogen) atoms. The van der Waals surface area contributed by atoms with Gasteiger partial charge in [-0.2, -0.15) is 0 Å². The second-order valence-corrected chi connectivity index (χ2v) is 9.09. The highest BCUT2D eigenvalue weighted by Gasteiger charge is 2.18. The van der Waals surface area contributed by atoms with Crippen molar-refractivity contribution in [1.82, 2.24) is 15.0 Å². The highest BCUT2D eigenvalue weighted by atomic mass is 35.5. The molecule has 0 unspecified atom stereocenters. The molecule has 0 aliphatic carbocycles. The van der Waals surface area contributed by atoms with Crippen LogP contribution in [0, 0.1) is 0 Å². The van der Waals surface area contributed by atoms with E-state index in [2.05, 4.69) is 30.3 Å². The number of hydrogen-bond acceptors (Lipinski definition) is 4. The summed E-state index contributed by atoms with van der Waals surface area (Å²) in [5, 5.41) is 4.82. The van der Waals surface area contributed by atoms with Crippen LogP contribution in [0.15, 0.2) is 114 Å². The summed E-state index contributed by atoms with van der Waals surface area (Å²) in [5.41, 5.74) is 4.26. The van der Waals surface area contributed by atoms with Crippen LogP contribution >= 0.6 is 11.6 Å². The van der Waals surface area contributed by atoms with Gasteiger partial charge in [-0.05, 0) is 41.1 Å². The minimum absolute atomic E-state index is 0.584. The Balaban J connectivity index is 1.51. The molecule has 0 saturated heterocycles. The van der Waals surface area contributed by atoms with Crippen molar-refractivity contribution in [2.45, 2.75) is 0 Å². The zero-order valence-corrected chi connectivity index (χ0v) is 19.8. The molecule has 0 radical (unpaired) electrons. The lowest BCUT2D eigenvalue weighted by atomic mass is 10.0. The van der Waals surface area contributed by atoms with E-state index in [1.807, 2.05) is 78.9 Å². The van der Waals surface area contributed by atoms with E-state index < -0.39 is 0 Å². The van der Waals surface area contributed by atoms with Gasteiger partial charge >= 0.3 is 0 Å². The standard InChI is InChI=1S/C31H18ClN3O/c32-23-15-16-26-25(18-23)28-24(11-6-12-27(28)36-26)31-34-29(20-8-2-1-3-9-20)33-30(35-31)22-14-13-19-7-4-5-10-21(19)17-22/h1-18H. The number of benzene rings is 5. The van der Waals surface area contributed by atoms with E-state index in [0.717, 1.165) is 44.0 Å². The quantitative estimate of drug-likeness (QED) is 0.252. The Labute approximate surface area is 211 Å². The first-order valence-electron chi connectivity index (χ1n) is 11.6. The molecular weight excluding hydrogens is 466 g/mol. The Bertz CT molecular complexity index is 1910. The summed E-state index contributed by atoms with van der Waals surface area (Å²) in [6.07, 6.45) is 0. The molecule has 0 atom stereocenters. The van der Waals surface area contributed by atoms with Crippen molar-refractivity contribution in [3.63, 3.8) is 0 Å². The van der Waals surface area contributed by atoms with Gasteiger partial charge in [-0.15, -0.1) is 0 Å². The van der Waals surface area contributed by atoms with Crippen molar-refractivity contribution in [2.24, 2.45) is 0 Å². The summed E-state index contributed by atoms with van der Waals surface area (Å²) in [7, 11) is 0. The van der Waals surface area contributed by atoms with Gasteiger partial charge in [-0.3, -0.25) is 0 Å². The first-order valence-corrected chi connectivity index (χ1v) is 12.0. The van der Waals surface area contributed by atoms with Crippen LogP contribution in [-0.2, 0) is 0 Å². The largest absolute Gasteiger partial charge is 0.456 e. The van der Waals surface area contributed by atoms with Crippen LogP contribution in [0.5, 0.6) is 0 Å². The molecule has 0 spiro atoms. The summed E-state index contributed by atoms with van der Waals surface area (Å²) in [4.78, 5) is 14.8. The maximum atomic E-state index is 6.35. The van der Waals surface area contributed by atoms with Crippen molar-refractivity contribution < 1.29 is 4.42 Å².